The summed E-state index contributed by atoms with van der Waals surface area (Å²) in [5, 5.41) is 17.4. The van der Waals surface area contributed by atoms with Crippen molar-refractivity contribution in [3.05, 3.63) is 34.5 Å². The van der Waals surface area contributed by atoms with Gasteiger partial charge < -0.3 is 15.2 Å². The third kappa shape index (κ3) is 3.84. The van der Waals surface area contributed by atoms with E-state index in [1.54, 1.807) is 6.20 Å². The Kier molecular flexibility index (Phi) is 4.97. The summed E-state index contributed by atoms with van der Waals surface area (Å²) in [4.78, 5) is 4.56. The SMILES string of the molecule is CCNC(=NCc1cn[nH]c1C)NCc1c(C)noc1C. The maximum Gasteiger partial charge on any atom is 0.191 e. The molecule has 3 N–H and O–H groups in total. The Morgan fingerprint density at radius 1 is 1.33 bits per heavy atom. The molecular weight excluding hydrogens is 268 g/mol. The van der Waals surface area contributed by atoms with E-state index in [1.165, 1.54) is 0 Å². The third-order valence-electron chi connectivity index (χ3n) is 3.30. The number of H-pyrrole nitrogens is 1. The molecule has 7 heteroatoms. The molecule has 0 spiro atoms. The molecular formula is C14H22N6O. The maximum absolute atomic E-state index is 5.16. The molecule has 0 atom stereocenters. The van der Waals surface area contributed by atoms with Gasteiger partial charge in [-0.25, -0.2) is 4.99 Å². The summed E-state index contributed by atoms with van der Waals surface area (Å²) >= 11 is 0. The Balaban J connectivity index is 2.00. The molecule has 0 aromatic carbocycles. The number of aliphatic imine (C=N–C) groups is 1. The average Bonchev–Trinajstić information content (AvgIpc) is 3.00. The summed E-state index contributed by atoms with van der Waals surface area (Å²) in [7, 11) is 0. The second-order valence-electron chi connectivity index (χ2n) is 4.87. The lowest BCUT2D eigenvalue weighted by molar-refractivity contribution is 0.392. The second kappa shape index (κ2) is 6.92. The standard InChI is InChI=1S/C14H22N6O/c1-5-15-14(16-6-12-7-18-19-9(12)2)17-8-13-10(3)20-21-11(13)4/h7H,5-6,8H2,1-4H3,(H,18,19)(H2,15,16,17). The van der Waals surface area contributed by atoms with Gasteiger partial charge in [0.25, 0.3) is 0 Å². The first-order chi connectivity index (χ1) is 10.1. The lowest BCUT2D eigenvalue weighted by Crippen LogP contribution is -2.37. The first-order valence-corrected chi connectivity index (χ1v) is 7.04. The van der Waals surface area contributed by atoms with E-state index >= 15 is 0 Å². The van der Waals surface area contributed by atoms with Gasteiger partial charge in [-0.3, -0.25) is 5.10 Å². The van der Waals surface area contributed by atoms with Crippen molar-refractivity contribution in [2.24, 2.45) is 4.99 Å². The van der Waals surface area contributed by atoms with Crippen LogP contribution in [-0.4, -0.2) is 27.9 Å². The Morgan fingerprint density at radius 2 is 2.14 bits per heavy atom. The highest BCUT2D eigenvalue weighted by atomic mass is 16.5. The molecule has 0 saturated carbocycles. The van der Waals surface area contributed by atoms with Gasteiger partial charge in [0, 0.05) is 29.9 Å². The van der Waals surface area contributed by atoms with Gasteiger partial charge in [-0.2, -0.15) is 5.10 Å². The van der Waals surface area contributed by atoms with E-state index in [0.29, 0.717) is 13.1 Å². The highest BCUT2D eigenvalue weighted by Crippen LogP contribution is 2.11. The molecule has 2 aromatic rings. The third-order valence-corrected chi connectivity index (χ3v) is 3.30. The molecule has 0 amide bonds. The Morgan fingerprint density at radius 3 is 2.71 bits per heavy atom. The molecule has 0 aliphatic heterocycles. The second-order valence-corrected chi connectivity index (χ2v) is 4.87. The first kappa shape index (κ1) is 15.1. The van der Waals surface area contributed by atoms with Gasteiger partial charge >= 0.3 is 0 Å². The van der Waals surface area contributed by atoms with Crippen LogP contribution in [0.15, 0.2) is 15.7 Å². The van der Waals surface area contributed by atoms with Gasteiger partial charge in [0.05, 0.1) is 18.4 Å². The van der Waals surface area contributed by atoms with Crippen LogP contribution < -0.4 is 10.6 Å². The summed E-state index contributed by atoms with van der Waals surface area (Å²) in [6.07, 6.45) is 1.80. The van der Waals surface area contributed by atoms with E-state index in [1.807, 2.05) is 27.7 Å². The number of nitrogens with one attached hydrogen (secondary N) is 3. The van der Waals surface area contributed by atoms with Crippen molar-refractivity contribution < 1.29 is 4.52 Å². The van der Waals surface area contributed by atoms with Crippen molar-refractivity contribution in [3.63, 3.8) is 0 Å². The number of rotatable bonds is 5. The predicted molar refractivity (Wildman–Crippen MR) is 81.0 cm³/mol. The van der Waals surface area contributed by atoms with Gasteiger partial charge in [-0.15, -0.1) is 0 Å². The van der Waals surface area contributed by atoms with Gasteiger partial charge in [-0.1, -0.05) is 5.16 Å². The van der Waals surface area contributed by atoms with E-state index in [-0.39, 0.29) is 0 Å². The van der Waals surface area contributed by atoms with Crippen molar-refractivity contribution in [2.45, 2.75) is 40.8 Å². The monoisotopic (exact) mass is 290 g/mol. The Hall–Kier alpha value is -2.31. The van der Waals surface area contributed by atoms with Crippen molar-refractivity contribution >= 4 is 5.96 Å². The van der Waals surface area contributed by atoms with E-state index in [2.05, 4.69) is 31.0 Å². The lowest BCUT2D eigenvalue weighted by atomic mass is 10.2. The van der Waals surface area contributed by atoms with E-state index in [9.17, 15) is 0 Å². The van der Waals surface area contributed by atoms with Gasteiger partial charge in [-0.05, 0) is 27.7 Å². The fourth-order valence-corrected chi connectivity index (χ4v) is 1.97. The number of guanidine groups is 1. The fourth-order valence-electron chi connectivity index (χ4n) is 1.97. The van der Waals surface area contributed by atoms with Gasteiger partial charge in [0.15, 0.2) is 5.96 Å². The van der Waals surface area contributed by atoms with Gasteiger partial charge in [0.2, 0.25) is 0 Å². The van der Waals surface area contributed by atoms with Crippen molar-refractivity contribution in [1.29, 1.82) is 0 Å². The van der Waals surface area contributed by atoms with Crippen LogP contribution in [0.5, 0.6) is 0 Å². The topological polar surface area (TPSA) is 91.1 Å². The molecule has 0 unspecified atom stereocenters. The van der Waals surface area contributed by atoms with Crippen LogP contribution in [-0.2, 0) is 13.1 Å². The van der Waals surface area contributed by atoms with Crippen molar-refractivity contribution in [3.8, 4) is 0 Å². The minimum absolute atomic E-state index is 0.583. The molecule has 21 heavy (non-hydrogen) atoms. The number of hydrogen-bond donors (Lipinski definition) is 3. The van der Waals surface area contributed by atoms with E-state index in [4.69, 9.17) is 4.52 Å². The summed E-state index contributed by atoms with van der Waals surface area (Å²) < 4.78 is 5.16. The minimum Gasteiger partial charge on any atom is -0.361 e. The molecule has 0 saturated heterocycles. The van der Waals surface area contributed by atoms with Crippen molar-refractivity contribution in [2.75, 3.05) is 6.54 Å². The Labute approximate surface area is 124 Å². The zero-order valence-electron chi connectivity index (χ0n) is 12.9. The summed E-state index contributed by atoms with van der Waals surface area (Å²) in [5.74, 6) is 1.60. The summed E-state index contributed by atoms with van der Waals surface area (Å²) in [5.41, 5.74) is 4.10. The number of aromatic amines is 1. The first-order valence-electron chi connectivity index (χ1n) is 7.04. The van der Waals surface area contributed by atoms with Crippen LogP contribution in [0.25, 0.3) is 0 Å². The molecule has 0 fully saturated rings. The van der Waals surface area contributed by atoms with Crippen LogP contribution in [0.2, 0.25) is 0 Å². The molecule has 0 bridgehead atoms. The molecule has 0 radical (unpaired) electrons. The van der Waals surface area contributed by atoms with Crippen LogP contribution in [0.1, 0.15) is 35.2 Å². The quantitative estimate of drug-likeness (QED) is 0.574. The normalized spacial score (nSPS) is 11.7. The van der Waals surface area contributed by atoms with Crippen molar-refractivity contribution in [1.82, 2.24) is 26.0 Å². The number of aromatic nitrogens is 3. The largest absolute Gasteiger partial charge is 0.361 e. The van der Waals surface area contributed by atoms with E-state index in [0.717, 1.165) is 40.8 Å². The highest BCUT2D eigenvalue weighted by Gasteiger charge is 2.09. The molecule has 0 aliphatic rings. The van der Waals surface area contributed by atoms with Crippen LogP contribution in [0.4, 0.5) is 0 Å². The van der Waals surface area contributed by atoms with E-state index < -0.39 is 0 Å². The van der Waals surface area contributed by atoms with Crippen LogP contribution >= 0.6 is 0 Å². The van der Waals surface area contributed by atoms with Crippen LogP contribution in [0, 0.1) is 20.8 Å². The zero-order chi connectivity index (χ0) is 15.2. The molecule has 114 valence electrons. The predicted octanol–water partition coefficient (Wildman–Crippen LogP) is 1.58. The number of aryl methyl sites for hydroxylation is 3. The number of hydrogen-bond acceptors (Lipinski definition) is 4. The summed E-state index contributed by atoms with van der Waals surface area (Å²) in [6.45, 7) is 9.90. The number of nitrogens with zero attached hydrogens (tertiary/aromatic N) is 3. The molecule has 7 nitrogen and oxygen atoms in total. The lowest BCUT2D eigenvalue weighted by Gasteiger charge is -2.11. The molecule has 2 aromatic heterocycles. The molecule has 0 aliphatic carbocycles. The average molecular weight is 290 g/mol. The highest BCUT2D eigenvalue weighted by molar-refractivity contribution is 5.79. The zero-order valence-corrected chi connectivity index (χ0v) is 12.9. The smallest absolute Gasteiger partial charge is 0.191 e. The Bertz CT molecular complexity index is 593. The van der Waals surface area contributed by atoms with Crippen LogP contribution in [0.3, 0.4) is 0 Å². The fraction of sp³-hybridized carbons (Fsp3) is 0.500. The minimum atomic E-state index is 0.583. The maximum atomic E-state index is 5.16. The molecule has 2 heterocycles. The van der Waals surface area contributed by atoms with Gasteiger partial charge in [0.1, 0.15) is 5.76 Å². The molecule has 2 rings (SSSR count). The summed E-state index contributed by atoms with van der Waals surface area (Å²) in [6, 6.07) is 0.